The van der Waals surface area contributed by atoms with Crippen molar-refractivity contribution in [2.24, 2.45) is 0 Å². The zero-order valence-corrected chi connectivity index (χ0v) is 12.2. The smallest absolute Gasteiger partial charge is 0.244 e. The first kappa shape index (κ1) is 14.2. The van der Waals surface area contributed by atoms with Crippen molar-refractivity contribution in [1.82, 2.24) is 35.1 Å². The molecule has 2 aromatic rings. The highest BCUT2D eigenvalue weighted by molar-refractivity contribution is 5.76. The lowest BCUT2D eigenvalue weighted by atomic mass is 10.3. The number of carbonyl (C=O) groups is 1. The van der Waals surface area contributed by atoms with Gasteiger partial charge in [-0.1, -0.05) is 0 Å². The molecule has 0 aliphatic carbocycles. The molecular formula is C12H16N8O2. The van der Waals surface area contributed by atoms with E-state index >= 15 is 0 Å². The number of aromatic nitrogens is 6. The zero-order chi connectivity index (χ0) is 15.4. The Bertz CT molecular complexity index is 624. The molecule has 3 rings (SSSR count). The lowest BCUT2D eigenvalue weighted by Gasteiger charge is -2.34. The topological polar surface area (TPSA) is 102 Å². The molecule has 1 fully saturated rings. The largest absolute Gasteiger partial charge is 0.481 e. The second-order valence-corrected chi connectivity index (χ2v) is 4.77. The summed E-state index contributed by atoms with van der Waals surface area (Å²) in [5, 5.41) is 10.7. The van der Waals surface area contributed by atoms with Crippen LogP contribution in [0.2, 0.25) is 0 Å². The van der Waals surface area contributed by atoms with Gasteiger partial charge in [0.05, 0.1) is 7.11 Å². The maximum Gasteiger partial charge on any atom is 0.244 e. The Morgan fingerprint density at radius 3 is 2.82 bits per heavy atom. The Kier molecular flexibility index (Phi) is 4.08. The number of anilines is 1. The number of nitrogens with zero attached hydrogens (tertiary/aromatic N) is 8. The normalized spacial score (nSPS) is 15.0. The van der Waals surface area contributed by atoms with Crippen molar-refractivity contribution in [2.45, 2.75) is 6.54 Å². The molecule has 1 aliphatic rings. The van der Waals surface area contributed by atoms with Crippen LogP contribution in [0.25, 0.3) is 0 Å². The molecule has 2 aromatic heterocycles. The fraction of sp³-hybridized carbons (Fsp3) is 0.500. The van der Waals surface area contributed by atoms with Crippen LogP contribution in [-0.2, 0) is 11.3 Å². The summed E-state index contributed by atoms with van der Waals surface area (Å²) in [7, 11) is 1.57. The quantitative estimate of drug-likeness (QED) is 0.695. The summed E-state index contributed by atoms with van der Waals surface area (Å²) < 4.78 is 6.52. The Labute approximate surface area is 126 Å². The average Bonchev–Trinajstić information content (AvgIpc) is 3.08. The highest BCUT2D eigenvalue weighted by atomic mass is 16.5. The van der Waals surface area contributed by atoms with Crippen LogP contribution in [0.5, 0.6) is 5.88 Å². The van der Waals surface area contributed by atoms with Crippen molar-refractivity contribution < 1.29 is 9.53 Å². The molecule has 1 aliphatic heterocycles. The number of hydrogen-bond donors (Lipinski definition) is 0. The first-order valence-corrected chi connectivity index (χ1v) is 6.87. The summed E-state index contributed by atoms with van der Waals surface area (Å²) in [5.74, 6) is 1.15. The van der Waals surface area contributed by atoms with Crippen LogP contribution in [0.4, 0.5) is 5.95 Å². The van der Waals surface area contributed by atoms with Gasteiger partial charge in [-0.05, 0) is 10.4 Å². The third-order valence-electron chi connectivity index (χ3n) is 3.43. The summed E-state index contributed by atoms with van der Waals surface area (Å²) >= 11 is 0. The van der Waals surface area contributed by atoms with Gasteiger partial charge in [0.2, 0.25) is 17.7 Å². The molecule has 0 N–H and O–H groups in total. The van der Waals surface area contributed by atoms with E-state index in [4.69, 9.17) is 4.74 Å². The summed E-state index contributed by atoms with van der Waals surface area (Å²) in [4.78, 5) is 24.5. The molecule has 1 amide bonds. The van der Waals surface area contributed by atoms with Crippen LogP contribution in [0.1, 0.15) is 0 Å². The molecule has 22 heavy (non-hydrogen) atoms. The van der Waals surface area contributed by atoms with Gasteiger partial charge in [-0.2, -0.15) is 4.98 Å². The van der Waals surface area contributed by atoms with Crippen LogP contribution in [0, 0.1) is 0 Å². The van der Waals surface area contributed by atoms with Crippen LogP contribution in [0.3, 0.4) is 0 Å². The fourth-order valence-corrected chi connectivity index (χ4v) is 2.25. The van der Waals surface area contributed by atoms with E-state index in [-0.39, 0.29) is 12.5 Å². The van der Waals surface area contributed by atoms with Crippen molar-refractivity contribution in [2.75, 3.05) is 38.2 Å². The molecule has 0 atom stereocenters. The standard InChI is InChI=1S/C12H16N8O2/c1-22-10-2-3-13-12(15-10)19-6-4-18(5-7-19)11(21)8-20-9-14-16-17-20/h2-3,9H,4-8H2,1H3. The molecule has 0 unspecified atom stereocenters. The fourth-order valence-electron chi connectivity index (χ4n) is 2.25. The van der Waals surface area contributed by atoms with Crippen molar-refractivity contribution in [3.8, 4) is 5.88 Å². The number of ether oxygens (including phenoxy) is 1. The second-order valence-electron chi connectivity index (χ2n) is 4.77. The predicted molar refractivity (Wildman–Crippen MR) is 75.2 cm³/mol. The highest BCUT2D eigenvalue weighted by Crippen LogP contribution is 2.14. The molecule has 116 valence electrons. The Morgan fingerprint density at radius 2 is 2.14 bits per heavy atom. The average molecular weight is 304 g/mol. The van der Waals surface area contributed by atoms with Gasteiger partial charge in [0.15, 0.2) is 0 Å². The Morgan fingerprint density at radius 1 is 1.32 bits per heavy atom. The summed E-state index contributed by atoms with van der Waals surface area (Å²) in [6.45, 7) is 2.73. The monoisotopic (exact) mass is 304 g/mol. The number of methoxy groups -OCH3 is 1. The third kappa shape index (κ3) is 3.10. The molecule has 0 aromatic carbocycles. The predicted octanol–water partition coefficient (Wildman–Crippen LogP) is -1.18. The van der Waals surface area contributed by atoms with Gasteiger partial charge in [0, 0.05) is 38.4 Å². The van der Waals surface area contributed by atoms with Crippen LogP contribution < -0.4 is 9.64 Å². The summed E-state index contributed by atoms with van der Waals surface area (Å²) in [6.07, 6.45) is 3.09. The molecule has 0 spiro atoms. The SMILES string of the molecule is COc1ccnc(N2CCN(C(=O)Cn3cnnn3)CC2)n1. The number of tetrazole rings is 1. The van der Waals surface area contributed by atoms with E-state index in [2.05, 4.69) is 25.5 Å². The van der Waals surface area contributed by atoms with E-state index in [1.807, 2.05) is 4.90 Å². The van der Waals surface area contributed by atoms with E-state index < -0.39 is 0 Å². The van der Waals surface area contributed by atoms with E-state index in [9.17, 15) is 4.79 Å². The molecule has 0 radical (unpaired) electrons. The lowest BCUT2D eigenvalue weighted by Crippen LogP contribution is -2.50. The minimum Gasteiger partial charge on any atom is -0.481 e. The first-order chi connectivity index (χ1) is 10.8. The van der Waals surface area contributed by atoms with Gasteiger partial charge in [0.1, 0.15) is 12.9 Å². The Balaban J connectivity index is 1.56. The number of hydrogen-bond acceptors (Lipinski definition) is 8. The number of carbonyl (C=O) groups excluding carboxylic acids is 1. The van der Waals surface area contributed by atoms with Gasteiger partial charge in [-0.25, -0.2) is 9.67 Å². The maximum absolute atomic E-state index is 12.1. The van der Waals surface area contributed by atoms with Crippen LogP contribution >= 0.6 is 0 Å². The Hall–Kier alpha value is -2.78. The number of piperazine rings is 1. The van der Waals surface area contributed by atoms with E-state index in [0.717, 1.165) is 0 Å². The van der Waals surface area contributed by atoms with Gasteiger partial charge in [0.25, 0.3) is 0 Å². The van der Waals surface area contributed by atoms with Crippen molar-refractivity contribution >= 4 is 11.9 Å². The molecule has 0 saturated carbocycles. The van der Waals surface area contributed by atoms with Crippen LogP contribution in [-0.4, -0.2) is 74.3 Å². The molecule has 1 saturated heterocycles. The number of amides is 1. The van der Waals surface area contributed by atoms with Crippen molar-refractivity contribution in [3.63, 3.8) is 0 Å². The second kappa shape index (κ2) is 6.33. The van der Waals surface area contributed by atoms with Gasteiger partial charge in [-0.15, -0.1) is 5.10 Å². The molecule has 10 heteroatoms. The van der Waals surface area contributed by atoms with Gasteiger partial charge in [-0.3, -0.25) is 4.79 Å². The summed E-state index contributed by atoms with van der Waals surface area (Å²) in [6, 6.07) is 1.70. The number of rotatable bonds is 4. The third-order valence-corrected chi connectivity index (χ3v) is 3.43. The van der Waals surface area contributed by atoms with E-state index in [0.29, 0.717) is 38.0 Å². The van der Waals surface area contributed by atoms with Crippen molar-refractivity contribution in [1.29, 1.82) is 0 Å². The van der Waals surface area contributed by atoms with E-state index in [1.165, 1.54) is 11.0 Å². The van der Waals surface area contributed by atoms with Crippen molar-refractivity contribution in [3.05, 3.63) is 18.6 Å². The molecule has 3 heterocycles. The summed E-state index contributed by atoms with van der Waals surface area (Å²) in [5.41, 5.74) is 0. The van der Waals surface area contributed by atoms with E-state index in [1.54, 1.807) is 24.3 Å². The van der Waals surface area contributed by atoms with Crippen LogP contribution in [0.15, 0.2) is 18.6 Å². The minimum atomic E-state index is -0.00138. The zero-order valence-electron chi connectivity index (χ0n) is 12.2. The van der Waals surface area contributed by atoms with Gasteiger partial charge < -0.3 is 14.5 Å². The molecular weight excluding hydrogens is 288 g/mol. The molecule has 10 nitrogen and oxygen atoms in total. The molecule has 0 bridgehead atoms. The minimum absolute atomic E-state index is 0.00138. The van der Waals surface area contributed by atoms with Gasteiger partial charge >= 0.3 is 0 Å². The first-order valence-electron chi connectivity index (χ1n) is 6.87. The highest BCUT2D eigenvalue weighted by Gasteiger charge is 2.23. The lowest BCUT2D eigenvalue weighted by molar-refractivity contribution is -0.132. The maximum atomic E-state index is 12.1.